The molecule has 3 aromatic heterocycles. The Bertz CT molecular complexity index is 1180. The normalized spacial score (nSPS) is 11.2. The number of H-pyrrole nitrogens is 1. The zero-order chi connectivity index (χ0) is 16.6. The second kappa shape index (κ2) is 5.41. The van der Waals surface area contributed by atoms with Crippen molar-refractivity contribution < 1.29 is 4.52 Å². The first kappa shape index (κ1) is 13.7. The zero-order valence-electron chi connectivity index (χ0n) is 13.0. The fourth-order valence-corrected chi connectivity index (χ4v) is 2.80. The number of rotatable bonds is 3. The minimum absolute atomic E-state index is 0.616. The number of nitrogens with one attached hydrogen (secondary N) is 2. The van der Waals surface area contributed by atoms with Gasteiger partial charge in [0.1, 0.15) is 5.69 Å². The summed E-state index contributed by atoms with van der Waals surface area (Å²) in [6.07, 6.45) is 3.25. The lowest BCUT2D eigenvalue weighted by Gasteiger charge is -2.02. The summed E-state index contributed by atoms with van der Waals surface area (Å²) in [5.74, 6) is 0.616. The lowest BCUT2D eigenvalue weighted by molar-refractivity contribution is 0.459. The standard InChI is InChI=1S/C18H12N6O/c1-2-4-11(5-3-1)15-13-7-6-12(10-14(13)25-24-15)21-18-16-17(22-23-18)20-9-8-19-16/h1-10H,(H2,20,21,22,23). The highest BCUT2D eigenvalue weighted by Gasteiger charge is 2.12. The molecule has 0 amide bonds. The van der Waals surface area contributed by atoms with Crippen LogP contribution in [0.4, 0.5) is 11.5 Å². The predicted octanol–water partition coefficient (Wildman–Crippen LogP) is 3.90. The molecule has 0 saturated heterocycles. The number of nitrogens with zero attached hydrogens (tertiary/aromatic N) is 4. The summed E-state index contributed by atoms with van der Waals surface area (Å²) in [5, 5.41) is 15.5. The van der Waals surface area contributed by atoms with Crippen LogP contribution in [0.1, 0.15) is 0 Å². The van der Waals surface area contributed by atoms with Crippen LogP contribution in [0.3, 0.4) is 0 Å². The number of aromatic amines is 1. The second-order valence-corrected chi connectivity index (χ2v) is 5.56. The Kier molecular flexibility index (Phi) is 2.96. The summed E-state index contributed by atoms with van der Waals surface area (Å²) in [6.45, 7) is 0. The number of hydrogen-bond acceptors (Lipinski definition) is 6. The lowest BCUT2D eigenvalue weighted by Crippen LogP contribution is -1.91. The molecule has 0 spiro atoms. The van der Waals surface area contributed by atoms with E-state index in [1.807, 2.05) is 48.5 Å². The van der Waals surface area contributed by atoms with Crippen LogP contribution in [0.25, 0.3) is 33.4 Å². The fraction of sp³-hybridized carbons (Fsp3) is 0. The predicted molar refractivity (Wildman–Crippen MR) is 94.4 cm³/mol. The molecule has 2 aromatic carbocycles. The van der Waals surface area contributed by atoms with E-state index >= 15 is 0 Å². The summed E-state index contributed by atoms with van der Waals surface area (Å²) >= 11 is 0. The average Bonchev–Trinajstić information content (AvgIpc) is 3.27. The molecule has 0 fully saturated rings. The van der Waals surface area contributed by atoms with Crippen molar-refractivity contribution in [2.45, 2.75) is 0 Å². The maximum atomic E-state index is 5.50. The topological polar surface area (TPSA) is 92.5 Å². The highest BCUT2D eigenvalue weighted by atomic mass is 16.5. The van der Waals surface area contributed by atoms with Crippen molar-refractivity contribution >= 4 is 33.6 Å². The smallest absolute Gasteiger partial charge is 0.180 e. The van der Waals surface area contributed by atoms with Crippen molar-refractivity contribution in [1.82, 2.24) is 25.3 Å². The Morgan fingerprint density at radius 2 is 1.84 bits per heavy atom. The molecule has 0 saturated carbocycles. The number of benzene rings is 2. The van der Waals surface area contributed by atoms with Gasteiger partial charge in [0, 0.05) is 35.1 Å². The molecule has 5 aromatic rings. The number of aromatic nitrogens is 5. The van der Waals surface area contributed by atoms with Crippen LogP contribution in [-0.4, -0.2) is 25.3 Å². The van der Waals surface area contributed by atoms with E-state index in [0.29, 0.717) is 22.6 Å². The van der Waals surface area contributed by atoms with Crippen LogP contribution in [0, 0.1) is 0 Å². The highest BCUT2D eigenvalue weighted by Crippen LogP contribution is 2.30. The van der Waals surface area contributed by atoms with E-state index in [1.165, 1.54) is 0 Å². The largest absolute Gasteiger partial charge is 0.356 e. The molecule has 0 aliphatic rings. The minimum atomic E-state index is 0.616. The first-order valence-corrected chi connectivity index (χ1v) is 7.75. The van der Waals surface area contributed by atoms with Gasteiger partial charge in [-0.15, -0.1) is 0 Å². The van der Waals surface area contributed by atoms with Crippen LogP contribution in [-0.2, 0) is 0 Å². The van der Waals surface area contributed by atoms with E-state index < -0.39 is 0 Å². The van der Waals surface area contributed by atoms with Gasteiger partial charge in [-0.3, -0.25) is 5.10 Å². The van der Waals surface area contributed by atoms with Gasteiger partial charge in [-0.05, 0) is 12.1 Å². The molecular formula is C18H12N6O. The molecular weight excluding hydrogens is 316 g/mol. The maximum absolute atomic E-state index is 5.50. The Morgan fingerprint density at radius 3 is 2.76 bits per heavy atom. The molecule has 25 heavy (non-hydrogen) atoms. The van der Waals surface area contributed by atoms with E-state index in [2.05, 4.69) is 30.6 Å². The summed E-state index contributed by atoms with van der Waals surface area (Å²) in [6, 6.07) is 15.8. The fourth-order valence-electron chi connectivity index (χ4n) is 2.80. The monoisotopic (exact) mass is 328 g/mol. The van der Waals surface area contributed by atoms with Crippen molar-refractivity contribution in [3.63, 3.8) is 0 Å². The van der Waals surface area contributed by atoms with Crippen LogP contribution >= 0.6 is 0 Å². The first-order chi connectivity index (χ1) is 12.4. The second-order valence-electron chi connectivity index (χ2n) is 5.56. The van der Waals surface area contributed by atoms with E-state index in [0.717, 1.165) is 22.3 Å². The van der Waals surface area contributed by atoms with Crippen LogP contribution in [0.2, 0.25) is 0 Å². The van der Waals surface area contributed by atoms with Crippen molar-refractivity contribution in [3.05, 3.63) is 60.9 Å². The Hall–Kier alpha value is -3.74. The molecule has 0 aliphatic carbocycles. The van der Waals surface area contributed by atoms with Gasteiger partial charge in [-0.25, -0.2) is 9.97 Å². The quantitative estimate of drug-likeness (QED) is 0.522. The van der Waals surface area contributed by atoms with Gasteiger partial charge in [0.25, 0.3) is 0 Å². The van der Waals surface area contributed by atoms with Crippen molar-refractivity contribution in [2.75, 3.05) is 5.32 Å². The van der Waals surface area contributed by atoms with Gasteiger partial charge in [0.05, 0.1) is 0 Å². The van der Waals surface area contributed by atoms with E-state index in [-0.39, 0.29) is 0 Å². The minimum Gasteiger partial charge on any atom is -0.356 e. The van der Waals surface area contributed by atoms with Gasteiger partial charge in [0.15, 0.2) is 22.6 Å². The number of hydrogen-bond donors (Lipinski definition) is 2. The summed E-state index contributed by atoms with van der Waals surface area (Å²) < 4.78 is 5.50. The Labute approximate surface area is 141 Å². The van der Waals surface area contributed by atoms with Gasteiger partial charge in [0.2, 0.25) is 0 Å². The van der Waals surface area contributed by atoms with Crippen LogP contribution in [0.15, 0.2) is 65.4 Å². The third-order valence-corrected chi connectivity index (χ3v) is 3.98. The summed E-state index contributed by atoms with van der Waals surface area (Å²) in [5.41, 5.74) is 4.72. The summed E-state index contributed by atoms with van der Waals surface area (Å²) in [7, 11) is 0. The highest BCUT2D eigenvalue weighted by molar-refractivity contribution is 5.94. The Balaban J connectivity index is 1.53. The van der Waals surface area contributed by atoms with E-state index in [1.54, 1.807) is 12.4 Å². The van der Waals surface area contributed by atoms with Crippen LogP contribution in [0.5, 0.6) is 0 Å². The van der Waals surface area contributed by atoms with E-state index in [4.69, 9.17) is 4.52 Å². The molecule has 7 nitrogen and oxygen atoms in total. The van der Waals surface area contributed by atoms with E-state index in [9.17, 15) is 0 Å². The molecule has 2 N–H and O–H groups in total. The Morgan fingerprint density at radius 1 is 0.960 bits per heavy atom. The average molecular weight is 328 g/mol. The number of anilines is 2. The van der Waals surface area contributed by atoms with Gasteiger partial charge < -0.3 is 9.84 Å². The molecule has 5 rings (SSSR count). The molecule has 0 unspecified atom stereocenters. The SMILES string of the molecule is c1ccc(-c2noc3cc(Nc4n[nH]c5nccnc45)ccc23)cc1. The van der Waals surface area contributed by atoms with Gasteiger partial charge >= 0.3 is 0 Å². The molecule has 0 atom stereocenters. The number of fused-ring (bicyclic) bond motifs is 2. The maximum Gasteiger partial charge on any atom is 0.180 e. The van der Waals surface area contributed by atoms with Crippen LogP contribution < -0.4 is 5.32 Å². The van der Waals surface area contributed by atoms with Crippen molar-refractivity contribution in [3.8, 4) is 11.3 Å². The summed E-state index contributed by atoms with van der Waals surface area (Å²) in [4.78, 5) is 8.47. The van der Waals surface area contributed by atoms with Crippen molar-refractivity contribution in [2.24, 2.45) is 0 Å². The zero-order valence-corrected chi connectivity index (χ0v) is 13.0. The third-order valence-electron chi connectivity index (χ3n) is 3.98. The molecule has 7 heteroatoms. The third kappa shape index (κ3) is 2.29. The lowest BCUT2D eigenvalue weighted by atomic mass is 10.1. The van der Waals surface area contributed by atoms with Crippen molar-refractivity contribution in [1.29, 1.82) is 0 Å². The van der Waals surface area contributed by atoms with Gasteiger partial charge in [-0.2, -0.15) is 5.10 Å². The molecule has 0 aliphatic heterocycles. The first-order valence-electron chi connectivity index (χ1n) is 7.75. The van der Waals surface area contributed by atoms with Gasteiger partial charge in [-0.1, -0.05) is 35.5 Å². The molecule has 0 bridgehead atoms. The molecule has 120 valence electrons. The molecule has 3 heterocycles. The molecule has 0 radical (unpaired) electrons.